The fourth-order valence-corrected chi connectivity index (χ4v) is 2.73. The third-order valence-electron chi connectivity index (χ3n) is 4.03. The van der Waals surface area contributed by atoms with Gasteiger partial charge in [-0.15, -0.1) is 0 Å². The van der Waals surface area contributed by atoms with Crippen molar-refractivity contribution in [2.75, 3.05) is 5.73 Å². The summed E-state index contributed by atoms with van der Waals surface area (Å²) in [6, 6.07) is 1.76. The summed E-state index contributed by atoms with van der Waals surface area (Å²) in [5.74, 6) is 0.934. The van der Waals surface area contributed by atoms with Gasteiger partial charge >= 0.3 is 0 Å². The van der Waals surface area contributed by atoms with Crippen LogP contribution >= 0.6 is 0 Å². The van der Waals surface area contributed by atoms with Crippen LogP contribution in [0.25, 0.3) is 0 Å². The van der Waals surface area contributed by atoms with Crippen LogP contribution in [0.15, 0.2) is 12.3 Å². The molecule has 2 fully saturated rings. The van der Waals surface area contributed by atoms with Gasteiger partial charge in [0.1, 0.15) is 6.10 Å². The topological polar surface area (TPSA) is 72.0 Å². The number of rotatable bonds is 4. The second-order valence-electron chi connectivity index (χ2n) is 5.65. The maximum atomic E-state index is 8.25. The van der Waals surface area contributed by atoms with Gasteiger partial charge in [0.2, 0.25) is 5.88 Å². The largest absolute Gasteiger partial charge is 0.474 e. The normalized spacial score (nSPS) is 20.2. The minimum atomic E-state index is 0.244. The molecule has 2 saturated carbocycles. The predicted octanol–water partition coefficient (Wildman–Crippen LogP) is 3.15. The summed E-state index contributed by atoms with van der Waals surface area (Å²) in [6.45, 7) is 0. The Morgan fingerprint density at radius 3 is 2.63 bits per heavy atom. The molecular weight excluding hydrogens is 238 g/mol. The first-order valence-electron chi connectivity index (χ1n) is 7.25. The number of anilines is 1. The molecule has 0 spiro atoms. The van der Waals surface area contributed by atoms with Crippen molar-refractivity contribution in [3.8, 4) is 5.88 Å². The molecule has 0 amide bonds. The highest BCUT2D eigenvalue weighted by atomic mass is 16.5. The van der Waals surface area contributed by atoms with Gasteiger partial charge in [0.25, 0.3) is 0 Å². The highest BCUT2D eigenvalue weighted by Gasteiger charge is 2.31. The SMILES string of the molecule is N=C(c1c(N)ccnc1OC1CCCCC1)C1CC1. The van der Waals surface area contributed by atoms with E-state index in [2.05, 4.69) is 4.98 Å². The molecule has 3 rings (SSSR count). The summed E-state index contributed by atoms with van der Waals surface area (Å²) < 4.78 is 6.03. The van der Waals surface area contributed by atoms with E-state index in [9.17, 15) is 0 Å². The third-order valence-corrected chi connectivity index (χ3v) is 4.03. The summed E-state index contributed by atoms with van der Waals surface area (Å²) in [5, 5.41) is 8.25. The van der Waals surface area contributed by atoms with E-state index in [1.54, 1.807) is 12.3 Å². The van der Waals surface area contributed by atoms with Crippen LogP contribution in [0.2, 0.25) is 0 Å². The van der Waals surface area contributed by atoms with Gasteiger partial charge in [-0.2, -0.15) is 0 Å². The molecule has 1 heterocycles. The molecule has 0 bridgehead atoms. The van der Waals surface area contributed by atoms with E-state index in [1.165, 1.54) is 19.3 Å². The van der Waals surface area contributed by atoms with Crippen LogP contribution in [0.1, 0.15) is 50.5 Å². The number of nitrogens with zero attached hydrogens (tertiary/aromatic N) is 1. The molecule has 102 valence electrons. The minimum absolute atomic E-state index is 0.244. The van der Waals surface area contributed by atoms with Crippen molar-refractivity contribution in [1.29, 1.82) is 5.41 Å². The second-order valence-corrected chi connectivity index (χ2v) is 5.65. The Balaban J connectivity index is 1.82. The van der Waals surface area contributed by atoms with E-state index in [1.807, 2.05) is 0 Å². The molecule has 3 N–H and O–H groups in total. The summed E-state index contributed by atoms with van der Waals surface area (Å²) in [7, 11) is 0. The lowest BCUT2D eigenvalue weighted by Gasteiger charge is -2.24. The summed E-state index contributed by atoms with van der Waals surface area (Å²) in [5.41, 5.74) is 7.99. The summed E-state index contributed by atoms with van der Waals surface area (Å²) in [4.78, 5) is 4.32. The van der Waals surface area contributed by atoms with Crippen molar-refractivity contribution in [3.05, 3.63) is 17.8 Å². The molecule has 0 saturated heterocycles. The van der Waals surface area contributed by atoms with E-state index < -0.39 is 0 Å². The number of nitrogen functional groups attached to an aromatic ring is 1. The molecule has 2 aliphatic rings. The van der Waals surface area contributed by atoms with E-state index in [0.29, 0.717) is 23.2 Å². The first kappa shape index (κ1) is 12.5. The number of pyridine rings is 1. The van der Waals surface area contributed by atoms with Gasteiger partial charge in [0.05, 0.1) is 5.56 Å². The van der Waals surface area contributed by atoms with E-state index in [4.69, 9.17) is 15.9 Å². The molecule has 0 aliphatic heterocycles. The Hall–Kier alpha value is -1.58. The quantitative estimate of drug-likeness (QED) is 0.816. The maximum absolute atomic E-state index is 8.25. The van der Waals surface area contributed by atoms with Crippen molar-refractivity contribution < 1.29 is 4.74 Å². The van der Waals surface area contributed by atoms with E-state index >= 15 is 0 Å². The molecular formula is C15H21N3O. The van der Waals surface area contributed by atoms with E-state index in [-0.39, 0.29) is 6.10 Å². The monoisotopic (exact) mass is 259 g/mol. The van der Waals surface area contributed by atoms with Gasteiger partial charge in [-0.05, 0) is 44.6 Å². The standard InChI is InChI=1S/C15H21N3O/c16-12-8-9-18-15(13(12)14(17)10-6-7-10)19-11-4-2-1-3-5-11/h8-11,17H,1-7H2,(H2,16,18). The Morgan fingerprint density at radius 2 is 1.95 bits per heavy atom. The Labute approximate surface area is 113 Å². The fourth-order valence-electron chi connectivity index (χ4n) is 2.73. The lowest BCUT2D eigenvalue weighted by molar-refractivity contribution is 0.148. The van der Waals surface area contributed by atoms with Gasteiger partial charge in [-0.3, -0.25) is 0 Å². The van der Waals surface area contributed by atoms with Crippen LogP contribution in [0.3, 0.4) is 0 Å². The van der Waals surface area contributed by atoms with Crippen molar-refractivity contribution in [2.24, 2.45) is 5.92 Å². The molecule has 0 unspecified atom stereocenters. The fraction of sp³-hybridized carbons (Fsp3) is 0.600. The maximum Gasteiger partial charge on any atom is 0.224 e. The average Bonchev–Trinajstić information content (AvgIpc) is 3.24. The Morgan fingerprint density at radius 1 is 1.21 bits per heavy atom. The van der Waals surface area contributed by atoms with Crippen LogP contribution in [-0.4, -0.2) is 16.8 Å². The first-order chi connectivity index (χ1) is 9.25. The van der Waals surface area contributed by atoms with Gasteiger partial charge in [-0.25, -0.2) is 4.98 Å². The minimum Gasteiger partial charge on any atom is -0.474 e. The number of ether oxygens (including phenoxy) is 1. The Bertz CT molecular complexity index is 476. The number of nitrogens with two attached hydrogens (primary N) is 1. The van der Waals surface area contributed by atoms with Crippen molar-refractivity contribution in [1.82, 2.24) is 4.98 Å². The van der Waals surface area contributed by atoms with Crippen molar-refractivity contribution in [2.45, 2.75) is 51.0 Å². The van der Waals surface area contributed by atoms with Crippen molar-refractivity contribution in [3.63, 3.8) is 0 Å². The molecule has 1 aromatic heterocycles. The molecule has 4 nitrogen and oxygen atoms in total. The third kappa shape index (κ3) is 2.72. The lowest BCUT2D eigenvalue weighted by Crippen LogP contribution is -2.22. The zero-order valence-electron chi connectivity index (χ0n) is 11.2. The molecule has 19 heavy (non-hydrogen) atoms. The summed E-state index contributed by atoms with van der Waals surface area (Å²) in [6.07, 6.45) is 10.0. The number of aromatic nitrogens is 1. The highest BCUT2D eigenvalue weighted by molar-refractivity contribution is 6.07. The highest BCUT2D eigenvalue weighted by Crippen LogP contribution is 2.37. The lowest BCUT2D eigenvalue weighted by atomic mass is 9.97. The van der Waals surface area contributed by atoms with Crippen LogP contribution in [-0.2, 0) is 0 Å². The van der Waals surface area contributed by atoms with Gasteiger partial charge in [0, 0.05) is 23.5 Å². The van der Waals surface area contributed by atoms with Crippen LogP contribution in [0, 0.1) is 11.3 Å². The molecule has 0 radical (unpaired) electrons. The molecule has 0 aromatic carbocycles. The molecule has 0 atom stereocenters. The Kier molecular flexibility index (Phi) is 3.40. The van der Waals surface area contributed by atoms with Gasteiger partial charge in [0.15, 0.2) is 0 Å². The smallest absolute Gasteiger partial charge is 0.224 e. The predicted molar refractivity (Wildman–Crippen MR) is 75.7 cm³/mol. The van der Waals surface area contributed by atoms with Gasteiger partial charge < -0.3 is 15.9 Å². The second kappa shape index (κ2) is 5.19. The zero-order chi connectivity index (χ0) is 13.2. The average molecular weight is 259 g/mol. The number of nitrogens with one attached hydrogen (secondary N) is 1. The van der Waals surface area contributed by atoms with Crippen LogP contribution in [0.5, 0.6) is 5.88 Å². The molecule has 2 aliphatic carbocycles. The molecule has 4 heteroatoms. The van der Waals surface area contributed by atoms with E-state index in [0.717, 1.165) is 31.2 Å². The zero-order valence-corrected chi connectivity index (χ0v) is 11.2. The number of hydrogen-bond acceptors (Lipinski definition) is 4. The number of hydrogen-bond donors (Lipinski definition) is 2. The van der Waals surface area contributed by atoms with Crippen LogP contribution in [0.4, 0.5) is 5.69 Å². The molecule has 1 aromatic rings. The van der Waals surface area contributed by atoms with Gasteiger partial charge in [-0.1, -0.05) is 6.42 Å². The van der Waals surface area contributed by atoms with Crippen molar-refractivity contribution >= 4 is 11.4 Å². The summed E-state index contributed by atoms with van der Waals surface area (Å²) >= 11 is 0. The van der Waals surface area contributed by atoms with Crippen LogP contribution < -0.4 is 10.5 Å². The first-order valence-corrected chi connectivity index (χ1v) is 7.25.